The van der Waals surface area contributed by atoms with Gasteiger partial charge in [-0.3, -0.25) is 4.79 Å². The number of rotatable bonds is 3. The highest BCUT2D eigenvalue weighted by molar-refractivity contribution is 5.93. The highest BCUT2D eigenvalue weighted by atomic mass is 19.1. The third-order valence-electron chi connectivity index (χ3n) is 6.52. The molecule has 5 heteroatoms. The number of hydrogen-bond acceptors (Lipinski definition) is 3. The van der Waals surface area contributed by atoms with Crippen molar-refractivity contribution in [2.75, 3.05) is 20.1 Å². The molecule has 0 saturated carbocycles. The van der Waals surface area contributed by atoms with E-state index in [0.717, 1.165) is 44.5 Å². The van der Waals surface area contributed by atoms with Crippen molar-refractivity contribution in [1.82, 2.24) is 14.8 Å². The Morgan fingerprint density at radius 1 is 1.18 bits per heavy atom. The average Bonchev–Trinajstić information content (AvgIpc) is 2.69. The minimum Gasteiger partial charge on any atom is -0.330 e. The van der Waals surface area contributed by atoms with E-state index in [1.165, 1.54) is 6.07 Å². The summed E-state index contributed by atoms with van der Waals surface area (Å²) in [5.74, 6) is -0.240. The molecule has 4 nitrogen and oxygen atoms in total. The van der Waals surface area contributed by atoms with Gasteiger partial charge in [-0.1, -0.05) is 24.3 Å². The van der Waals surface area contributed by atoms with Crippen LogP contribution in [0, 0.1) is 5.82 Å². The van der Waals surface area contributed by atoms with Gasteiger partial charge in [0.1, 0.15) is 11.5 Å². The van der Waals surface area contributed by atoms with Gasteiger partial charge in [0, 0.05) is 24.7 Å². The molecule has 0 unspecified atom stereocenters. The first-order chi connectivity index (χ1) is 13.5. The topological polar surface area (TPSA) is 36.4 Å². The number of pyridine rings is 1. The lowest BCUT2D eigenvalue weighted by Gasteiger charge is -2.55. The molecule has 28 heavy (non-hydrogen) atoms. The molecule has 2 fully saturated rings. The summed E-state index contributed by atoms with van der Waals surface area (Å²) in [5, 5.41) is 0. The molecule has 1 aromatic heterocycles. The standard InChI is InChI=1S/C23H28FN3O/c1-23-13-7-14-26(2)21(23)12-6-15-27(23)22(28)20-11-5-9-18(25-20)16-17-8-3-4-10-19(17)24/h3-5,8-11,21H,6-7,12-16H2,1-2H3/t21-,23-/m0/s1. The second-order valence-corrected chi connectivity index (χ2v) is 8.34. The number of likely N-dealkylation sites (tertiary alicyclic amines) is 2. The summed E-state index contributed by atoms with van der Waals surface area (Å²) in [7, 11) is 2.17. The molecule has 2 aliphatic heterocycles. The fourth-order valence-electron chi connectivity index (χ4n) is 5.03. The highest BCUT2D eigenvalue weighted by Gasteiger charge is 2.48. The van der Waals surface area contributed by atoms with Gasteiger partial charge in [-0.05, 0) is 70.0 Å². The molecule has 1 aromatic carbocycles. The van der Waals surface area contributed by atoms with Gasteiger partial charge in [-0.2, -0.15) is 0 Å². The number of benzene rings is 1. The van der Waals surface area contributed by atoms with Crippen molar-refractivity contribution in [3.05, 3.63) is 65.2 Å². The molecule has 2 saturated heterocycles. The maximum Gasteiger partial charge on any atom is 0.272 e. The van der Waals surface area contributed by atoms with Crippen LogP contribution in [0.15, 0.2) is 42.5 Å². The first-order valence-corrected chi connectivity index (χ1v) is 10.2. The van der Waals surface area contributed by atoms with Gasteiger partial charge in [0.15, 0.2) is 0 Å². The Kier molecular flexibility index (Phi) is 5.19. The summed E-state index contributed by atoms with van der Waals surface area (Å²) >= 11 is 0. The molecule has 0 spiro atoms. The summed E-state index contributed by atoms with van der Waals surface area (Å²) in [6, 6.07) is 12.6. The number of aromatic nitrogens is 1. The van der Waals surface area contributed by atoms with E-state index in [1.54, 1.807) is 18.2 Å². The van der Waals surface area contributed by atoms with E-state index in [-0.39, 0.29) is 17.3 Å². The van der Waals surface area contributed by atoms with E-state index in [9.17, 15) is 9.18 Å². The zero-order valence-corrected chi connectivity index (χ0v) is 16.7. The normalized spacial score (nSPS) is 25.4. The van der Waals surface area contributed by atoms with Crippen molar-refractivity contribution in [2.45, 2.75) is 50.6 Å². The van der Waals surface area contributed by atoms with Crippen LogP contribution in [0.4, 0.5) is 4.39 Å². The number of carbonyl (C=O) groups excluding carboxylic acids is 1. The Balaban J connectivity index is 1.59. The van der Waals surface area contributed by atoms with Crippen LogP contribution in [0.5, 0.6) is 0 Å². The van der Waals surface area contributed by atoms with Gasteiger partial charge in [0.2, 0.25) is 0 Å². The third kappa shape index (κ3) is 3.44. The second kappa shape index (κ2) is 7.63. The molecule has 0 N–H and O–H groups in total. The van der Waals surface area contributed by atoms with Crippen molar-refractivity contribution < 1.29 is 9.18 Å². The van der Waals surface area contributed by atoms with Crippen LogP contribution in [0.1, 0.15) is 54.4 Å². The molecule has 0 radical (unpaired) electrons. The van der Waals surface area contributed by atoms with E-state index < -0.39 is 0 Å². The van der Waals surface area contributed by atoms with Crippen LogP contribution < -0.4 is 0 Å². The van der Waals surface area contributed by atoms with Gasteiger partial charge < -0.3 is 9.80 Å². The lowest BCUT2D eigenvalue weighted by Crippen LogP contribution is -2.66. The predicted molar refractivity (Wildman–Crippen MR) is 108 cm³/mol. The van der Waals surface area contributed by atoms with Crippen molar-refractivity contribution >= 4 is 5.91 Å². The van der Waals surface area contributed by atoms with Crippen LogP contribution in [0.3, 0.4) is 0 Å². The summed E-state index contributed by atoms with van der Waals surface area (Å²) in [4.78, 5) is 22.5. The lowest BCUT2D eigenvalue weighted by atomic mass is 9.76. The molecule has 2 atom stereocenters. The summed E-state index contributed by atoms with van der Waals surface area (Å²) < 4.78 is 14.0. The van der Waals surface area contributed by atoms with Crippen molar-refractivity contribution in [3.8, 4) is 0 Å². The quantitative estimate of drug-likeness (QED) is 0.809. The first kappa shape index (κ1) is 19.1. The lowest BCUT2D eigenvalue weighted by molar-refractivity contribution is -0.0349. The van der Waals surface area contributed by atoms with Crippen LogP contribution in [0.2, 0.25) is 0 Å². The summed E-state index contributed by atoms with van der Waals surface area (Å²) in [6.07, 6.45) is 4.68. The largest absolute Gasteiger partial charge is 0.330 e. The number of halogens is 1. The number of fused-ring (bicyclic) bond motifs is 1. The Labute approximate surface area is 166 Å². The van der Waals surface area contributed by atoms with Crippen LogP contribution in [-0.2, 0) is 6.42 Å². The zero-order chi connectivity index (χ0) is 19.7. The fraction of sp³-hybridized carbons (Fsp3) is 0.478. The maximum atomic E-state index is 14.0. The smallest absolute Gasteiger partial charge is 0.272 e. The van der Waals surface area contributed by atoms with E-state index in [4.69, 9.17) is 0 Å². The van der Waals surface area contributed by atoms with Gasteiger partial charge in [-0.15, -0.1) is 0 Å². The van der Waals surface area contributed by atoms with Gasteiger partial charge in [0.25, 0.3) is 5.91 Å². The molecule has 4 rings (SSSR count). The molecule has 2 aliphatic rings. The van der Waals surface area contributed by atoms with E-state index in [0.29, 0.717) is 23.7 Å². The SMILES string of the molecule is CN1CCC[C@@]2(C)[C@@H]1CCCN2C(=O)c1cccc(Cc2ccccc2F)n1. The number of nitrogens with zero attached hydrogens (tertiary/aromatic N) is 3. The first-order valence-electron chi connectivity index (χ1n) is 10.2. The van der Waals surface area contributed by atoms with Gasteiger partial charge in [-0.25, -0.2) is 9.37 Å². The number of hydrogen-bond donors (Lipinski definition) is 0. The van der Waals surface area contributed by atoms with Crippen LogP contribution in [0.25, 0.3) is 0 Å². The Hall–Kier alpha value is -2.27. The Bertz CT molecular complexity index is 870. The molecular formula is C23H28FN3O. The molecule has 2 aromatic rings. The van der Waals surface area contributed by atoms with E-state index >= 15 is 0 Å². The summed E-state index contributed by atoms with van der Waals surface area (Å²) in [5.41, 5.74) is 1.63. The monoisotopic (exact) mass is 381 g/mol. The number of carbonyl (C=O) groups is 1. The predicted octanol–water partition coefficient (Wildman–Crippen LogP) is 3.90. The van der Waals surface area contributed by atoms with E-state index in [1.807, 2.05) is 23.1 Å². The minimum absolute atomic E-state index is 0.00196. The highest BCUT2D eigenvalue weighted by Crippen LogP contribution is 2.39. The van der Waals surface area contributed by atoms with Crippen LogP contribution >= 0.6 is 0 Å². The van der Waals surface area contributed by atoms with Gasteiger partial charge >= 0.3 is 0 Å². The molecule has 0 aliphatic carbocycles. The average molecular weight is 381 g/mol. The Morgan fingerprint density at radius 2 is 2.00 bits per heavy atom. The zero-order valence-electron chi connectivity index (χ0n) is 16.7. The minimum atomic E-state index is -0.238. The molecule has 1 amide bonds. The van der Waals surface area contributed by atoms with E-state index in [2.05, 4.69) is 23.9 Å². The molecule has 3 heterocycles. The van der Waals surface area contributed by atoms with Gasteiger partial charge in [0.05, 0.1) is 5.54 Å². The summed E-state index contributed by atoms with van der Waals surface area (Å²) in [6.45, 7) is 4.10. The van der Waals surface area contributed by atoms with Crippen LogP contribution in [-0.4, -0.2) is 52.4 Å². The Morgan fingerprint density at radius 3 is 2.82 bits per heavy atom. The molecule has 0 bridgehead atoms. The number of piperidine rings is 2. The van der Waals surface area contributed by atoms with Crippen molar-refractivity contribution in [3.63, 3.8) is 0 Å². The molecular weight excluding hydrogens is 353 g/mol. The number of amides is 1. The third-order valence-corrected chi connectivity index (χ3v) is 6.52. The second-order valence-electron chi connectivity index (χ2n) is 8.34. The number of likely N-dealkylation sites (N-methyl/N-ethyl adjacent to an activating group) is 1. The van der Waals surface area contributed by atoms with Crippen molar-refractivity contribution in [1.29, 1.82) is 0 Å². The maximum absolute atomic E-state index is 14.0. The van der Waals surface area contributed by atoms with Crippen molar-refractivity contribution in [2.24, 2.45) is 0 Å². The fourth-order valence-corrected chi connectivity index (χ4v) is 5.03. The molecule has 148 valence electrons.